The third kappa shape index (κ3) is 4.88. The Morgan fingerprint density at radius 3 is 1.58 bits per heavy atom. The second-order valence-corrected chi connectivity index (χ2v) is 7.78. The van der Waals surface area contributed by atoms with Gasteiger partial charge in [0.15, 0.2) is 0 Å². The Bertz CT molecular complexity index is 606. The minimum atomic E-state index is -2.81. The second kappa shape index (κ2) is 9.54. The molecule has 0 spiro atoms. The molecule has 0 bridgehead atoms. The molecule has 0 aliphatic heterocycles. The van der Waals surface area contributed by atoms with Crippen molar-refractivity contribution in [1.29, 1.82) is 0 Å². The molecule has 0 aliphatic rings. The van der Waals surface area contributed by atoms with Crippen LogP contribution < -0.4 is 5.19 Å². The summed E-state index contributed by atoms with van der Waals surface area (Å²) in [7, 11) is -2.81. The van der Waals surface area contributed by atoms with Gasteiger partial charge >= 0.3 is 8.80 Å². The monoisotopic (exact) mass is 342 g/mol. The van der Waals surface area contributed by atoms with Crippen molar-refractivity contribution < 1.29 is 13.3 Å². The molecule has 3 nitrogen and oxygen atoms in total. The molecule has 2 aromatic carbocycles. The van der Waals surface area contributed by atoms with Crippen molar-refractivity contribution in [2.45, 2.75) is 20.8 Å². The molecule has 128 valence electrons. The van der Waals surface area contributed by atoms with Crippen LogP contribution in [-0.2, 0) is 13.3 Å². The Labute approximate surface area is 146 Å². The minimum Gasteiger partial charge on any atom is -0.370 e. The van der Waals surface area contributed by atoms with Crippen LogP contribution in [0.1, 0.15) is 31.9 Å². The van der Waals surface area contributed by atoms with E-state index in [1.54, 1.807) is 0 Å². The molecule has 0 saturated heterocycles. The van der Waals surface area contributed by atoms with E-state index in [0.717, 1.165) is 10.8 Å². The summed E-state index contributed by atoms with van der Waals surface area (Å²) in [5, 5.41) is 1.00. The summed E-state index contributed by atoms with van der Waals surface area (Å²) in [6.07, 6.45) is 4.21. The normalized spacial score (nSPS) is 12.0. The third-order valence-electron chi connectivity index (χ3n) is 3.54. The van der Waals surface area contributed by atoms with Crippen LogP contribution in [0.15, 0.2) is 54.6 Å². The largest absolute Gasteiger partial charge is 0.537 e. The molecule has 0 aliphatic carbocycles. The molecule has 0 atom stereocenters. The van der Waals surface area contributed by atoms with Crippen molar-refractivity contribution in [3.05, 3.63) is 65.7 Å². The van der Waals surface area contributed by atoms with Gasteiger partial charge in [-0.1, -0.05) is 66.7 Å². The van der Waals surface area contributed by atoms with Crippen molar-refractivity contribution >= 4 is 26.1 Å². The molecule has 0 N–H and O–H groups in total. The molecular formula is C20H26O3Si. The van der Waals surface area contributed by atoms with Gasteiger partial charge in [-0.05, 0) is 31.9 Å². The lowest BCUT2D eigenvalue weighted by Crippen LogP contribution is -2.56. The zero-order valence-electron chi connectivity index (χ0n) is 14.7. The molecule has 4 heteroatoms. The summed E-state index contributed by atoms with van der Waals surface area (Å²) >= 11 is 0. The predicted octanol–water partition coefficient (Wildman–Crippen LogP) is 4.11. The van der Waals surface area contributed by atoms with Gasteiger partial charge < -0.3 is 13.3 Å². The number of hydrogen-bond donors (Lipinski definition) is 0. The van der Waals surface area contributed by atoms with Gasteiger partial charge in [0.1, 0.15) is 0 Å². The van der Waals surface area contributed by atoms with E-state index in [0.29, 0.717) is 19.8 Å². The van der Waals surface area contributed by atoms with Gasteiger partial charge in [-0.3, -0.25) is 0 Å². The van der Waals surface area contributed by atoms with E-state index in [9.17, 15) is 0 Å². The molecule has 0 saturated carbocycles. The zero-order chi connectivity index (χ0) is 17.3. The first-order valence-corrected chi connectivity index (χ1v) is 10.2. The molecule has 0 unspecified atom stereocenters. The Hall–Kier alpha value is -1.72. The topological polar surface area (TPSA) is 27.7 Å². The van der Waals surface area contributed by atoms with Crippen LogP contribution >= 0.6 is 0 Å². The SMILES string of the molecule is CCO[Si](OCC)(OCC)c1ccc(/C=C/c2ccccc2)cc1. The third-order valence-corrected chi connectivity index (χ3v) is 6.58. The minimum absolute atomic E-state index is 0.571. The lowest BCUT2D eigenvalue weighted by atomic mass is 10.1. The summed E-state index contributed by atoms with van der Waals surface area (Å²) in [5.74, 6) is 0. The Morgan fingerprint density at radius 2 is 1.12 bits per heavy atom. The molecule has 2 aromatic rings. The maximum absolute atomic E-state index is 5.94. The molecule has 0 aromatic heterocycles. The first-order chi connectivity index (χ1) is 11.7. The second-order valence-electron chi connectivity index (χ2n) is 5.22. The molecule has 24 heavy (non-hydrogen) atoms. The quantitative estimate of drug-likeness (QED) is 0.507. The molecular weight excluding hydrogens is 316 g/mol. The van der Waals surface area contributed by atoms with Crippen molar-refractivity contribution in [2.24, 2.45) is 0 Å². The van der Waals surface area contributed by atoms with E-state index in [1.165, 1.54) is 5.56 Å². The van der Waals surface area contributed by atoms with E-state index in [-0.39, 0.29) is 0 Å². The highest BCUT2D eigenvalue weighted by atomic mass is 28.4. The van der Waals surface area contributed by atoms with Crippen LogP contribution in [0.3, 0.4) is 0 Å². The summed E-state index contributed by atoms with van der Waals surface area (Å²) in [6.45, 7) is 7.62. The maximum Gasteiger partial charge on any atom is 0.537 e. The fourth-order valence-electron chi connectivity index (χ4n) is 2.50. The fourth-order valence-corrected chi connectivity index (χ4v) is 4.97. The lowest BCUT2D eigenvalue weighted by molar-refractivity contribution is 0.0859. The average Bonchev–Trinajstić information content (AvgIpc) is 2.62. The van der Waals surface area contributed by atoms with Crippen LogP contribution in [0, 0.1) is 0 Å². The van der Waals surface area contributed by atoms with Crippen LogP contribution in [0.4, 0.5) is 0 Å². The molecule has 0 amide bonds. The van der Waals surface area contributed by atoms with Crippen LogP contribution in [0.5, 0.6) is 0 Å². The average molecular weight is 343 g/mol. The highest BCUT2D eigenvalue weighted by Gasteiger charge is 2.42. The van der Waals surface area contributed by atoms with Gasteiger partial charge in [-0.15, -0.1) is 0 Å². The van der Waals surface area contributed by atoms with E-state index < -0.39 is 8.80 Å². The van der Waals surface area contributed by atoms with Gasteiger partial charge in [0.2, 0.25) is 0 Å². The van der Waals surface area contributed by atoms with E-state index in [2.05, 4.69) is 48.6 Å². The summed E-state index contributed by atoms with van der Waals surface area (Å²) in [5.41, 5.74) is 2.32. The standard InChI is InChI=1S/C20H26O3Si/c1-4-21-24(22-5-2,23-6-3)20-16-14-19(15-17-20)13-12-18-10-8-7-9-11-18/h7-17H,4-6H2,1-3H3/b13-12+. The Kier molecular flexibility index (Phi) is 7.40. The van der Waals surface area contributed by atoms with Crippen molar-refractivity contribution in [3.8, 4) is 0 Å². The van der Waals surface area contributed by atoms with Gasteiger partial charge in [-0.25, -0.2) is 0 Å². The highest BCUT2D eigenvalue weighted by Crippen LogP contribution is 2.13. The van der Waals surface area contributed by atoms with Gasteiger partial charge in [-0.2, -0.15) is 0 Å². The molecule has 2 rings (SSSR count). The van der Waals surface area contributed by atoms with Gasteiger partial charge in [0, 0.05) is 25.0 Å². The number of hydrogen-bond acceptors (Lipinski definition) is 3. The molecule has 0 fully saturated rings. The van der Waals surface area contributed by atoms with Crippen LogP contribution in [0.25, 0.3) is 12.2 Å². The lowest BCUT2D eigenvalue weighted by Gasteiger charge is -2.28. The van der Waals surface area contributed by atoms with Crippen molar-refractivity contribution in [3.63, 3.8) is 0 Å². The first-order valence-electron chi connectivity index (χ1n) is 8.49. The summed E-state index contributed by atoms with van der Waals surface area (Å²) in [4.78, 5) is 0. The van der Waals surface area contributed by atoms with E-state index >= 15 is 0 Å². The summed E-state index contributed by atoms with van der Waals surface area (Å²) in [6, 6.07) is 18.5. The van der Waals surface area contributed by atoms with E-state index in [4.69, 9.17) is 13.3 Å². The Balaban J connectivity index is 2.20. The maximum atomic E-state index is 5.94. The van der Waals surface area contributed by atoms with E-state index in [1.807, 2.05) is 39.0 Å². The molecule has 0 radical (unpaired) electrons. The fraction of sp³-hybridized carbons (Fsp3) is 0.300. The number of benzene rings is 2. The summed E-state index contributed by atoms with van der Waals surface area (Å²) < 4.78 is 17.8. The highest BCUT2D eigenvalue weighted by molar-refractivity contribution is 6.75. The number of rotatable bonds is 9. The zero-order valence-corrected chi connectivity index (χ0v) is 15.7. The predicted molar refractivity (Wildman–Crippen MR) is 102 cm³/mol. The van der Waals surface area contributed by atoms with Crippen molar-refractivity contribution in [1.82, 2.24) is 0 Å². The van der Waals surface area contributed by atoms with Gasteiger partial charge in [0.25, 0.3) is 0 Å². The van der Waals surface area contributed by atoms with Gasteiger partial charge in [0.05, 0.1) is 0 Å². The smallest absolute Gasteiger partial charge is 0.370 e. The van der Waals surface area contributed by atoms with Crippen molar-refractivity contribution in [2.75, 3.05) is 19.8 Å². The molecule has 0 heterocycles. The van der Waals surface area contributed by atoms with Crippen LogP contribution in [0.2, 0.25) is 0 Å². The first kappa shape index (κ1) is 18.6. The Morgan fingerprint density at radius 1 is 0.667 bits per heavy atom. The van der Waals surface area contributed by atoms with Crippen LogP contribution in [-0.4, -0.2) is 28.6 Å².